The van der Waals surface area contributed by atoms with Gasteiger partial charge in [-0.1, -0.05) is 5.16 Å². The molecule has 7 heteroatoms. The van der Waals surface area contributed by atoms with Crippen LogP contribution in [-0.4, -0.2) is 52.0 Å². The van der Waals surface area contributed by atoms with Crippen molar-refractivity contribution in [1.82, 2.24) is 19.9 Å². The van der Waals surface area contributed by atoms with E-state index in [0.717, 1.165) is 55.4 Å². The zero-order chi connectivity index (χ0) is 17.4. The van der Waals surface area contributed by atoms with Crippen LogP contribution in [0.3, 0.4) is 0 Å². The number of rotatable bonds is 4. The average molecular weight is 360 g/mol. The Morgan fingerprint density at radius 2 is 2.12 bits per heavy atom. The molecule has 0 aromatic carbocycles. The molecule has 0 spiro atoms. The van der Waals surface area contributed by atoms with Gasteiger partial charge in [-0.2, -0.15) is 4.98 Å². The van der Waals surface area contributed by atoms with Gasteiger partial charge in [0.15, 0.2) is 5.82 Å². The fraction of sp³-hybridized carbons (Fsp3) is 0.611. The maximum Gasteiger partial charge on any atom is 0.255 e. The van der Waals surface area contributed by atoms with E-state index >= 15 is 0 Å². The van der Waals surface area contributed by atoms with Crippen molar-refractivity contribution in [2.45, 2.75) is 45.6 Å². The Balaban J connectivity index is 1.36. The molecule has 0 atom stereocenters. The van der Waals surface area contributed by atoms with Gasteiger partial charge in [0.2, 0.25) is 5.89 Å². The topological polar surface area (TPSA) is 62.5 Å². The molecule has 2 fully saturated rings. The van der Waals surface area contributed by atoms with Gasteiger partial charge in [0, 0.05) is 42.4 Å². The van der Waals surface area contributed by atoms with Crippen LogP contribution in [0.25, 0.3) is 0 Å². The lowest BCUT2D eigenvalue weighted by Crippen LogP contribution is -2.35. The van der Waals surface area contributed by atoms with Crippen molar-refractivity contribution in [2.24, 2.45) is 0 Å². The normalized spacial score (nSPS) is 19.2. The Labute approximate surface area is 151 Å². The first-order chi connectivity index (χ1) is 12.1. The molecule has 4 rings (SSSR count). The highest BCUT2D eigenvalue weighted by atomic mass is 32.1. The van der Waals surface area contributed by atoms with Crippen LogP contribution in [0.1, 0.15) is 57.7 Å². The van der Waals surface area contributed by atoms with Crippen LogP contribution in [0.5, 0.6) is 0 Å². The largest absolute Gasteiger partial charge is 0.339 e. The molecule has 6 nitrogen and oxygen atoms in total. The summed E-state index contributed by atoms with van der Waals surface area (Å²) in [5.74, 6) is 2.23. The summed E-state index contributed by atoms with van der Waals surface area (Å²) in [5, 5.41) is 6.11. The van der Waals surface area contributed by atoms with Gasteiger partial charge >= 0.3 is 0 Å². The standard InChI is InChI=1S/C18H24N4O2S/c1-12-13(2)25-11-15(12)18(23)22-7-3-6-21(8-9-22)10-16-19-17(24-20-16)14-4-5-14/h11,14H,3-10H2,1-2H3. The van der Waals surface area contributed by atoms with Crippen LogP contribution < -0.4 is 0 Å². The van der Waals surface area contributed by atoms with Crippen molar-refractivity contribution < 1.29 is 9.32 Å². The molecule has 2 aromatic heterocycles. The minimum atomic E-state index is 0.166. The van der Waals surface area contributed by atoms with Crippen LogP contribution in [0, 0.1) is 13.8 Å². The van der Waals surface area contributed by atoms with Gasteiger partial charge in [-0.3, -0.25) is 9.69 Å². The summed E-state index contributed by atoms with van der Waals surface area (Å²) in [6.07, 6.45) is 3.31. The van der Waals surface area contributed by atoms with E-state index < -0.39 is 0 Å². The quantitative estimate of drug-likeness (QED) is 0.839. The predicted molar refractivity (Wildman–Crippen MR) is 95.9 cm³/mol. The molecule has 3 heterocycles. The summed E-state index contributed by atoms with van der Waals surface area (Å²) in [5.41, 5.74) is 1.98. The maximum absolute atomic E-state index is 12.8. The highest BCUT2D eigenvalue weighted by Crippen LogP contribution is 2.38. The minimum Gasteiger partial charge on any atom is -0.339 e. The number of carbonyl (C=O) groups excluding carboxylic acids is 1. The molecule has 2 aromatic rings. The second-order valence-corrected chi connectivity index (χ2v) is 8.16. The molecule has 0 unspecified atom stereocenters. The predicted octanol–water partition coefficient (Wildman–Crippen LogP) is 2.97. The van der Waals surface area contributed by atoms with Gasteiger partial charge in [-0.15, -0.1) is 11.3 Å². The minimum absolute atomic E-state index is 0.166. The van der Waals surface area contributed by atoms with E-state index in [9.17, 15) is 4.79 Å². The number of hydrogen-bond donors (Lipinski definition) is 0. The van der Waals surface area contributed by atoms with E-state index in [-0.39, 0.29) is 5.91 Å². The van der Waals surface area contributed by atoms with E-state index in [0.29, 0.717) is 12.5 Å². The summed E-state index contributed by atoms with van der Waals surface area (Å²) in [4.78, 5) is 22.9. The van der Waals surface area contributed by atoms with Crippen molar-refractivity contribution in [3.8, 4) is 0 Å². The third-order valence-corrected chi connectivity index (χ3v) is 6.18. The van der Waals surface area contributed by atoms with Crippen LogP contribution in [0.4, 0.5) is 0 Å². The molecule has 1 aliphatic heterocycles. The lowest BCUT2D eigenvalue weighted by molar-refractivity contribution is 0.0760. The Morgan fingerprint density at radius 3 is 2.84 bits per heavy atom. The van der Waals surface area contributed by atoms with Gasteiger partial charge in [0.25, 0.3) is 5.91 Å². The van der Waals surface area contributed by atoms with Crippen molar-refractivity contribution in [3.05, 3.63) is 33.1 Å². The lowest BCUT2D eigenvalue weighted by Gasteiger charge is -2.21. The highest BCUT2D eigenvalue weighted by molar-refractivity contribution is 7.10. The van der Waals surface area contributed by atoms with Crippen LogP contribution in [-0.2, 0) is 6.54 Å². The molecule has 1 amide bonds. The smallest absolute Gasteiger partial charge is 0.255 e. The monoisotopic (exact) mass is 360 g/mol. The second-order valence-electron chi connectivity index (χ2n) is 7.08. The van der Waals surface area contributed by atoms with Crippen molar-refractivity contribution >= 4 is 17.2 Å². The number of nitrogens with zero attached hydrogens (tertiary/aromatic N) is 4. The third-order valence-electron chi connectivity index (χ3n) is 5.17. The molecule has 25 heavy (non-hydrogen) atoms. The number of carbonyl (C=O) groups is 1. The van der Waals surface area contributed by atoms with E-state index in [1.54, 1.807) is 11.3 Å². The maximum atomic E-state index is 12.8. The number of hydrogen-bond acceptors (Lipinski definition) is 6. The molecule has 0 bridgehead atoms. The molecule has 1 aliphatic carbocycles. The van der Waals surface area contributed by atoms with Gasteiger partial charge in [0.05, 0.1) is 12.1 Å². The third kappa shape index (κ3) is 3.62. The first kappa shape index (κ1) is 16.7. The number of aryl methyl sites for hydroxylation is 1. The van der Waals surface area contributed by atoms with E-state index in [1.165, 1.54) is 17.7 Å². The molecule has 134 valence electrons. The lowest BCUT2D eigenvalue weighted by atomic mass is 10.1. The number of aromatic nitrogens is 2. The van der Waals surface area contributed by atoms with Crippen LogP contribution in [0.2, 0.25) is 0 Å². The van der Waals surface area contributed by atoms with Crippen LogP contribution >= 0.6 is 11.3 Å². The summed E-state index contributed by atoms with van der Waals surface area (Å²) in [6, 6.07) is 0. The van der Waals surface area contributed by atoms with Crippen molar-refractivity contribution in [3.63, 3.8) is 0 Å². The number of thiophene rings is 1. The summed E-state index contributed by atoms with van der Waals surface area (Å²) in [6.45, 7) is 8.18. The first-order valence-corrected chi connectivity index (χ1v) is 9.88. The molecule has 0 radical (unpaired) electrons. The number of amides is 1. The SMILES string of the molecule is Cc1scc(C(=O)N2CCCN(Cc3noc(C4CC4)n3)CC2)c1C. The fourth-order valence-electron chi connectivity index (χ4n) is 3.25. The molecule has 2 aliphatic rings. The summed E-state index contributed by atoms with van der Waals surface area (Å²) >= 11 is 1.66. The van der Waals surface area contributed by atoms with Crippen LogP contribution in [0.15, 0.2) is 9.90 Å². The van der Waals surface area contributed by atoms with E-state index in [1.807, 2.05) is 17.2 Å². The average Bonchev–Trinajstić information content (AvgIpc) is 3.32. The molecular formula is C18H24N4O2S. The summed E-state index contributed by atoms with van der Waals surface area (Å²) < 4.78 is 5.34. The second kappa shape index (κ2) is 6.88. The van der Waals surface area contributed by atoms with Crippen molar-refractivity contribution in [1.29, 1.82) is 0 Å². The van der Waals surface area contributed by atoms with E-state index in [4.69, 9.17) is 4.52 Å². The zero-order valence-corrected chi connectivity index (χ0v) is 15.6. The Morgan fingerprint density at radius 1 is 1.28 bits per heavy atom. The molecule has 1 saturated carbocycles. The fourth-order valence-corrected chi connectivity index (χ4v) is 4.11. The van der Waals surface area contributed by atoms with Gasteiger partial charge in [-0.05, 0) is 38.7 Å². The summed E-state index contributed by atoms with van der Waals surface area (Å²) in [7, 11) is 0. The molecule has 1 saturated heterocycles. The van der Waals surface area contributed by atoms with E-state index in [2.05, 4.69) is 22.0 Å². The highest BCUT2D eigenvalue weighted by Gasteiger charge is 2.30. The van der Waals surface area contributed by atoms with Crippen molar-refractivity contribution in [2.75, 3.05) is 26.2 Å². The Hall–Kier alpha value is -1.73. The van der Waals surface area contributed by atoms with Gasteiger partial charge < -0.3 is 9.42 Å². The Kier molecular flexibility index (Phi) is 4.60. The zero-order valence-electron chi connectivity index (χ0n) is 14.8. The molecular weight excluding hydrogens is 336 g/mol. The Bertz CT molecular complexity index is 765. The molecule has 0 N–H and O–H groups in total. The van der Waals surface area contributed by atoms with Gasteiger partial charge in [-0.25, -0.2) is 0 Å². The first-order valence-electron chi connectivity index (χ1n) is 9.00. The van der Waals surface area contributed by atoms with Gasteiger partial charge in [0.1, 0.15) is 0 Å².